The number of pyridine rings is 1. The summed E-state index contributed by atoms with van der Waals surface area (Å²) in [5, 5.41) is 4.84. The highest BCUT2D eigenvalue weighted by molar-refractivity contribution is 5.79. The van der Waals surface area contributed by atoms with Crippen molar-refractivity contribution in [3.05, 3.63) is 72.4 Å². The molecule has 5 nitrogen and oxygen atoms in total. The van der Waals surface area contributed by atoms with Gasteiger partial charge >= 0.3 is 0 Å². The third-order valence-corrected chi connectivity index (χ3v) is 3.29. The van der Waals surface area contributed by atoms with Crippen molar-refractivity contribution >= 4 is 23.5 Å². The molecule has 0 aliphatic rings. The average molecular weight is 305 g/mol. The van der Waals surface area contributed by atoms with E-state index in [1.807, 2.05) is 60.7 Å². The number of carbonyl (C=O) groups excluding carboxylic acids is 1. The van der Waals surface area contributed by atoms with Crippen molar-refractivity contribution in [2.45, 2.75) is 6.10 Å². The first kappa shape index (κ1) is 14.7. The van der Waals surface area contributed by atoms with E-state index in [9.17, 15) is 4.79 Å². The van der Waals surface area contributed by atoms with Gasteiger partial charge < -0.3 is 4.74 Å². The molecule has 1 amide bonds. The van der Waals surface area contributed by atoms with E-state index in [-0.39, 0.29) is 0 Å². The molecule has 1 unspecified atom stereocenters. The van der Waals surface area contributed by atoms with Crippen molar-refractivity contribution in [2.75, 3.05) is 0 Å². The van der Waals surface area contributed by atoms with Gasteiger partial charge in [0.15, 0.2) is 6.10 Å². The van der Waals surface area contributed by atoms with Crippen molar-refractivity contribution in [3.63, 3.8) is 0 Å². The van der Waals surface area contributed by atoms with Crippen LogP contribution in [0.5, 0.6) is 5.75 Å². The largest absolute Gasteiger partial charge is 0.478 e. The zero-order valence-electron chi connectivity index (χ0n) is 12.3. The molecule has 2 aromatic carbocycles. The Balaban J connectivity index is 1.88. The quantitative estimate of drug-likeness (QED) is 0.432. The maximum absolute atomic E-state index is 10.4. The number of para-hydroxylation sites is 1. The number of hydrogen-bond acceptors (Lipinski definition) is 4. The van der Waals surface area contributed by atoms with Gasteiger partial charge in [-0.25, -0.2) is 5.43 Å². The lowest BCUT2D eigenvalue weighted by atomic mass is 10.1. The molecule has 0 saturated heterocycles. The van der Waals surface area contributed by atoms with Crippen molar-refractivity contribution < 1.29 is 9.53 Å². The van der Waals surface area contributed by atoms with Crippen LogP contribution in [0.15, 0.2) is 72.0 Å². The van der Waals surface area contributed by atoms with Crippen LogP contribution in [0.3, 0.4) is 0 Å². The highest BCUT2D eigenvalue weighted by Gasteiger charge is 2.11. The second-order valence-electron chi connectivity index (χ2n) is 4.84. The highest BCUT2D eigenvalue weighted by Crippen LogP contribution is 2.23. The molecule has 0 saturated carbocycles. The molecule has 1 N–H and O–H groups in total. The predicted molar refractivity (Wildman–Crippen MR) is 89.2 cm³/mol. The Morgan fingerprint density at radius 3 is 2.70 bits per heavy atom. The number of fused-ring (bicyclic) bond motifs is 1. The molecule has 3 aromatic rings. The van der Waals surface area contributed by atoms with E-state index in [0.717, 1.165) is 16.5 Å². The van der Waals surface area contributed by atoms with Crippen LogP contribution >= 0.6 is 0 Å². The van der Waals surface area contributed by atoms with Gasteiger partial charge in [0.1, 0.15) is 5.75 Å². The van der Waals surface area contributed by atoms with E-state index in [1.54, 1.807) is 12.4 Å². The third-order valence-electron chi connectivity index (χ3n) is 3.29. The SMILES string of the molecule is O=CN/N=C/C(Oc1cnc2ccccc2c1)c1ccccc1. The van der Waals surface area contributed by atoms with E-state index >= 15 is 0 Å². The molecule has 0 bridgehead atoms. The summed E-state index contributed by atoms with van der Waals surface area (Å²) in [7, 11) is 0. The zero-order chi connectivity index (χ0) is 15.9. The topological polar surface area (TPSA) is 63.6 Å². The second-order valence-corrected chi connectivity index (χ2v) is 4.84. The Labute approximate surface area is 133 Å². The number of aromatic nitrogens is 1. The molecular formula is C18H15N3O2. The van der Waals surface area contributed by atoms with Crippen molar-refractivity contribution in [3.8, 4) is 5.75 Å². The molecule has 1 aromatic heterocycles. The molecule has 5 heteroatoms. The smallest absolute Gasteiger partial charge is 0.227 e. The zero-order valence-corrected chi connectivity index (χ0v) is 12.3. The van der Waals surface area contributed by atoms with Crippen LogP contribution in [0.4, 0.5) is 0 Å². The van der Waals surface area contributed by atoms with Gasteiger partial charge in [0, 0.05) is 5.39 Å². The summed E-state index contributed by atoms with van der Waals surface area (Å²) in [5.74, 6) is 0.634. The lowest BCUT2D eigenvalue weighted by molar-refractivity contribution is -0.109. The molecule has 3 rings (SSSR count). The molecule has 114 valence electrons. The van der Waals surface area contributed by atoms with Crippen LogP contribution < -0.4 is 10.2 Å². The summed E-state index contributed by atoms with van der Waals surface area (Å²) < 4.78 is 5.99. The van der Waals surface area contributed by atoms with Crippen LogP contribution in [-0.2, 0) is 4.79 Å². The number of hydrogen-bond donors (Lipinski definition) is 1. The Morgan fingerprint density at radius 2 is 1.87 bits per heavy atom. The normalized spacial score (nSPS) is 12.2. The van der Waals surface area contributed by atoms with Crippen molar-refractivity contribution in [1.82, 2.24) is 10.4 Å². The lowest BCUT2D eigenvalue weighted by Gasteiger charge is -2.15. The van der Waals surface area contributed by atoms with E-state index in [1.165, 1.54) is 0 Å². The van der Waals surface area contributed by atoms with Gasteiger partial charge in [0.2, 0.25) is 6.41 Å². The molecule has 0 radical (unpaired) electrons. The average Bonchev–Trinajstić information content (AvgIpc) is 2.62. The molecule has 0 spiro atoms. The minimum Gasteiger partial charge on any atom is -0.478 e. The summed E-state index contributed by atoms with van der Waals surface area (Å²) >= 11 is 0. The lowest BCUT2D eigenvalue weighted by Crippen LogP contribution is -2.12. The van der Waals surface area contributed by atoms with E-state index in [2.05, 4.69) is 15.5 Å². The number of hydrazone groups is 1. The fourth-order valence-corrected chi connectivity index (χ4v) is 2.23. The minimum absolute atomic E-state index is 0.424. The van der Waals surface area contributed by atoms with E-state index in [0.29, 0.717) is 12.2 Å². The molecule has 23 heavy (non-hydrogen) atoms. The third kappa shape index (κ3) is 3.71. The van der Waals surface area contributed by atoms with Gasteiger partial charge in [-0.2, -0.15) is 5.10 Å². The van der Waals surface area contributed by atoms with Gasteiger partial charge in [0.05, 0.1) is 17.9 Å². The number of rotatable bonds is 6. The molecule has 1 atom stereocenters. The fourth-order valence-electron chi connectivity index (χ4n) is 2.23. The molecule has 0 aliphatic heterocycles. The van der Waals surface area contributed by atoms with Crippen molar-refractivity contribution in [1.29, 1.82) is 0 Å². The molecule has 0 aliphatic carbocycles. The molecule has 1 heterocycles. The molecule has 0 fully saturated rings. The summed E-state index contributed by atoms with van der Waals surface area (Å²) in [5.41, 5.74) is 4.09. The maximum atomic E-state index is 10.4. The van der Waals surface area contributed by atoms with E-state index in [4.69, 9.17) is 4.74 Å². The summed E-state index contributed by atoms with van der Waals surface area (Å²) in [6.07, 6.45) is 3.31. The van der Waals surface area contributed by atoms with Crippen LogP contribution in [-0.4, -0.2) is 17.6 Å². The Bertz CT molecular complexity index is 819. The number of benzene rings is 2. The maximum Gasteiger partial charge on any atom is 0.227 e. The summed E-state index contributed by atoms with van der Waals surface area (Å²) in [4.78, 5) is 14.7. The Hall–Kier alpha value is -3.21. The first-order valence-electron chi connectivity index (χ1n) is 7.15. The number of nitrogens with zero attached hydrogens (tertiary/aromatic N) is 2. The summed E-state index contributed by atoms with van der Waals surface area (Å²) in [6, 6.07) is 19.4. The number of nitrogens with one attached hydrogen (secondary N) is 1. The predicted octanol–water partition coefficient (Wildman–Crippen LogP) is 3.09. The number of carbonyl (C=O) groups is 1. The second kappa shape index (κ2) is 7.17. The standard InChI is InChI=1S/C18H15N3O2/c22-13-21-20-12-18(14-6-2-1-3-7-14)23-16-10-15-8-4-5-9-17(15)19-11-16/h1-13,18H,(H,21,22)/b20-12+. The first-order valence-corrected chi connectivity index (χ1v) is 7.15. The van der Waals surface area contributed by atoms with Crippen LogP contribution in [0, 0.1) is 0 Å². The molecular weight excluding hydrogens is 290 g/mol. The minimum atomic E-state index is -0.424. The Morgan fingerprint density at radius 1 is 1.09 bits per heavy atom. The van der Waals surface area contributed by atoms with Gasteiger partial charge in [-0.15, -0.1) is 0 Å². The van der Waals surface area contributed by atoms with Gasteiger partial charge in [-0.3, -0.25) is 9.78 Å². The van der Waals surface area contributed by atoms with Crippen LogP contribution in [0.2, 0.25) is 0 Å². The first-order chi connectivity index (χ1) is 11.4. The fraction of sp³-hybridized carbons (Fsp3) is 0.0556. The van der Waals surface area contributed by atoms with Gasteiger partial charge in [0.25, 0.3) is 0 Å². The Kier molecular flexibility index (Phi) is 4.59. The van der Waals surface area contributed by atoms with Crippen LogP contribution in [0.1, 0.15) is 11.7 Å². The van der Waals surface area contributed by atoms with Crippen molar-refractivity contribution in [2.24, 2.45) is 5.10 Å². The monoisotopic (exact) mass is 305 g/mol. The van der Waals surface area contributed by atoms with Gasteiger partial charge in [-0.05, 0) is 17.7 Å². The number of amides is 1. The number of ether oxygens (including phenoxy) is 1. The van der Waals surface area contributed by atoms with Gasteiger partial charge in [-0.1, -0.05) is 48.5 Å². The highest BCUT2D eigenvalue weighted by atomic mass is 16.5. The van der Waals surface area contributed by atoms with Crippen LogP contribution in [0.25, 0.3) is 10.9 Å². The van der Waals surface area contributed by atoms with E-state index < -0.39 is 6.10 Å². The summed E-state index contributed by atoms with van der Waals surface area (Å²) in [6.45, 7) is 0.